The van der Waals surface area contributed by atoms with E-state index in [1.165, 1.54) is 12.4 Å². The lowest BCUT2D eigenvalue weighted by Crippen LogP contribution is -2.07. The van der Waals surface area contributed by atoms with Gasteiger partial charge >= 0.3 is 5.97 Å². The Kier molecular flexibility index (Phi) is 3.60. The topological polar surface area (TPSA) is 72.3 Å². The number of hydrogen-bond donors (Lipinski definition) is 1. The normalized spacial score (nSPS) is 10.4. The van der Waals surface area contributed by atoms with E-state index in [1.54, 1.807) is 12.2 Å². The molecule has 0 amide bonds. The zero-order chi connectivity index (χ0) is 10.4. The maximum absolute atomic E-state index is 10.7. The van der Waals surface area contributed by atoms with Crippen molar-refractivity contribution in [1.82, 2.24) is 9.97 Å². The van der Waals surface area contributed by atoms with Gasteiger partial charge in [-0.1, -0.05) is 12.2 Å². The van der Waals surface area contributed by atoms with Crippen molar-refractivity contribution in [3.8, 4) is 5.88 Å². The summed E-state index contributed by atoms with van der Waals surface area (Å²) in [6, 6.07) is 0. The molecule has 1 aromatic rings. The fourth-order valence-corrected chi connectivity index (χ4v) is 0.801. The third kappa shape index (κ3) is 2.55. The summed E-state index contributed by atoms with van der Waals surface area (Å²) >= 11 is 0. The van der Waals surface area contributed by atoms with Crippen molar-refractivity contribution in [1.29, 1.82) is 0 Å². The number of rotatable bonds is 4. The predicted octanol–water partition coefficient (Wildman–Crippen LogP) is 1.13. The molecule has 0 aliphatic rings. The van der Waals surface area contributed by atoms with Gasteiger partial charge in [0.25, 0.3) is 0 Å². The third-order valence-electron chi connectivity index (χ3n) is 1.42. The molecule has 0 saturated carbocycles. The van der Waals surface area contributed by atoms with Crippen molar-refractivity contribution in [2.24, 2.45) is 0 Å². The van der Waals surface area contributed by atoms with Crippen LogP contribution in [0, 0.1) is 0 Å². The van der Waals surface area contributed by atoms with Crippen molar-refractivity contribution in [3.63, 3.8) is 0 Å². The van der Waals surface area contributed by atoms with Crippen molar-refractivity contribution in [2.75, 3.05) is 6.61 Å². The van der Waals surface area contributed by atoms with Gasteiger partial charge in [-0.3, -0.25) is 0 Å². The molecule has 1 rings (SSSR count). The quantitative estimate of drug-likeness (QED) is 0.727. The average molecular weight is 194 g/mol. The molecule has 1 aromatic heterocycles. The molecule has 0 aromatic carbocycles. The van der Waals surface area contributed by atoms with Gasteiger partial charge in [0, 0.05) is 12.4 Å². The summed E-state index contributed by atoms with van der Waals surface area (Å²) < 4.78 is 5.10. The molecule has 0 aliphatic carbocycles. The van der Waals surface area contributed by atoms with E-state index in [4.69, 9.17) is 9.84 Å². The molecule has 0 atom stereocenters. The Morgan fingerprint density at radius 3 is 2.93 bits per heavy atom. The highest BCUT2D eigenvalue weighted by molar-refractivity contribution is 5.87. The van der Waals surface area contributed by atoms with Crippen molar-refractivity contribution in [2.45, 2.75) is 6.92 Å². The van der Waals surface area contributed by atoms with Crippen LogP contribution < -0.4 is 4.74 Å². The highest BCUT2D eigenvalue weighted by Crippen LogP contribution is 2.10. The molecule has 0 unspecified atom stereocenters. The molecular formula is C9H10N2O3. The van der Waals surface area contributed by atoms with Crippen LogP contribution in [0.4, 0.5) is 0 Å². The second kappa shape index (κ2) is 4.96. The van der Waals surface area contributed by atoms with Crippen LogP contribution in [0.1, 0.15) is 17.4 Å². The van der Waals surface area contributed by atoms with Gasteiger partial charge in [-0.15, -0.1) is 0 Å². The summed E-state index contributed by atoms with van der Waals surface area (Å²) in [6.07, 6.45) is 6.25. The Bertz CT molecular complexity index is 350. The zero-order valence-corrected chi connectivity index (χ0v) is 7.67. The second-order valence-corrected chi connectivity index (χ2v) is 2.40. The van der Waals surface area contributed by atoms with Crippen LogP contribution in [0.25, 0.3) is 0 Å². The number of ether oxygens (including phenoxy) is 1. The fraction of sp³-hybridized carbons (Fsp3) is 0.222. The molecule has 0 aliphatic heterocycles. The van der Waals surface area contributed by atoms with Crippen LogP contribution >= 0.6 is 0 Å². The Morgan fingerprint density at radius 2 is 2.29 bits per heavy atom. The van der Waals surface area contributed by atoms with Gasteiger partial charge in [-0.2, -0.15) is 0 Å². The Hall–Kier alpha value is -1.91. The molecule has 5 heteroatoms. The molecule has 14 heavy (non-hydrogen) atoms. The van der Waals surface area contributed by atoms with Crippen LogP contribution in [-0.4, -0.2) is 27.7 Å². The van der Waals surface area contributed by atoms with E-state index in [2.05, 4.69) is 9.97 Å². The molecule has 0 spiro atoms. The van der Waals surface area contributed by atoms with E-state index in [0.717, 1.165) is 0 Å². The zero-order valence-electron chi connectivity index (χ0n) is 7.67. The summed E-state index contributed by atoms with van der Waals surface area (Å²) in [5.41, 5.74) is -0.169. The van der Waals surface area contributed by atoms with Crippen LogP contribution in [-0.2, 0) is 0 Å². The van der Waals surface area contributed by atoms with E-state index in [0.29, 0.717) is 0 Å². The Balaban J connectivity index is 2.79. The van der Waals surface area contributed by atoms with Gasteiger partial charge in [0.1, 0.15) is 6.61 Å². The third-order valence-corrected chi connectivity index (χ3v) is 1.42. The molecule has 0 fully saturated rings. The van der Waals surface area contributed by atoms with Crippen molar-refractivity contribution < 1.29 is 14.6 Å². The number of carboxylic acids is 1. The number of aromatic nitrogens is 2. The van der Waals surface area contributed by atoms with E-state index in [9.17, 15) is 4.79 Å². The number of aromatic carboxylic acids is 1. The van der Waals surface area contributed by atoms with E-state index in [-0.39, 0.29) is 18.2 Å². The van der Waals surface area contributed by atoms with E-state index in [1.807, 2.05) is 6.92 Å². The van der Waals surface area contributed by atoms with Crippen molar-refractivity contribution in [3.05, 3.63) is 30.2 Å². The number of carbonyl (C=O) groups is 1. The summed E-state index contributed by atoms with van der Waals surface area (Å²) in [7, 11) is 0. The van der Waals surface area contributed by atoms with E-state index < -0.39 is 5.97 Å². The minimum absolute atomic E-state index is 0.0399. The fourth-order valence-electron chi connectivity index (χ4n) is 0.801. The summed E-state index contributed by atoms with van der Waals surface area (Å²) in [5.74, 6) is -1.10. The summed E-state index contributed by atoms with van der Waals surface area (Å²) in [6.45, 7) is 2.13. The molecule has 0 bridgehead atoms. The van der Waals surface area contributed by atoms with Crippen molar-refractivity contribution >= 4 is 5.97 Å². The second-order valence-electron chi connectivity index (χ2n) is 2.40. The van der Waals surface area contributed by atoms with Crippen LogP contribution in [0.15, 0.2) is 24.5 Å². The molecule has 1 heterocycles. The van der Waals surface area contributed by atoms with Gasteiger partial charge in [0.2, 0.25) is 11.6 Å². The Labute approximate surface area is 81.1 Å². The molecule has 0 radical (unpaired) electrons. The first kappa shape index (κ1) is 10.2. The van der Waals surface area contributed by atoms with Crippen LogP contribution in [0.5, 0.6) is 5.88 Å². The van der Waals surface area contributed by atoms with Gasteiger partial charge < -0.3 is 9.84 Å². The number of nitrogens with zero attached hydrogens (tertiary/aromatic N) is 2. The van der Waals surface area contributed by atoms with Gasteiger partial charge in [-0.05, 0) is 6.92 Å². The number of carboxylic acid groups (broad SMARTS) is 1. The molecule has 1 N–H and O–H groups in total. The highest BCUT2D eigenvalue weighted by Gasteiger charge is 2.12. The molecule has 0 saturated heterocycles. The SMILES string of the molecule is CC=CCOc1nccnc1C(=O)O. The predicted molar refractivity (Wildman–Crippen MR) is 49.3 cm³/mol. The van der Waals surface area contributed by atoms with Crippen LogP contribution in [0.2, 0.25) is 0 Å². The smallest absolute Gasteiger partial charge is 0.360 e. The van der Waals surface area contributed by atoms with E-state index >= 15 is 0 Å². The maximum Gasteiger partial charge on any atom is 0.360 e. The highest BCUT2D eigenvalue weighted by atomic mass is 16.5. The summed E-state index contributed by atoms with van der Waals surface area (Å²) in [4.78, 5) is 18.1. The first-order valence-electron chi connectivity index (χ1n) is 4.04. The standard InChI is InChI=1S/C9H10N2O3/c1-2-3-6-14-8-7(9(12)13)10-4-5-11-8/h2-5H,6H2,1H3,(H,12,13). The Morgan fingerprint density at radius 1 is 1.57 bits per heavy atom. The first-order chi connectivity index (χ1) is 6.75. The monoisotopic (exact) mass is 194 g/mol. The minimum atomic E-state index is -1.14. The molecular weight excluding hydrogens is 184 g/mol. The lowest BCUT2D eigenvalue weighted by molar-refractivity contribution is 0.0685. The average Bonchev–Trinajstić information content (AvgIpc) is 2.19. The molecule has 74 valence electrons. The minimum Gasteiger partial charge on any atom is -0.476 e. The number of allylic oxidation sites excluding steroid dienone is 1. The maximum atomic E-state index is 10.7. The first-order valence-corrected chi connectivity index (χ1v) is 4.04. The van der Waals surface area contributed by atoms with Gasteiger partial charge in [0.15, 0.2) is 0 Å². The van der Waals surface area contributed by atoms with Gasteiger partial charge in [-0.25, -0.2) is 14.8 Å². The largest absolute Gasteiger partial charge is 0.476 e. The molecule has 5 nitrogen and oxygen atoms in total. The summed E-state index contributed by atoms with van der Waals surface area (Å²) in [5, 5.41) is 8.72. The lowest BCUT2D eigenvalue weighted by Gasteiger charge is -2.03. The number of hydrogen-bond acceptors (Lipinski definition) is 4. The van der Waals surface area contributed by atoms with Gasteiger partial charge in [0.05, 0.1) is 0 Å². The lowest BCUT2D eigenvalue weighted by atomic mass is 10.4. The van der Waals surface area contributed by atoms with Crippen LogP contribution in [0.3, 0.4) is 0 Å².